The van der Waals surface area contributed by atoms with Crippen molar-refractivity contribution in [2.75, 3.05) is 26.4 Å². The molecule has 5 aliphatic carbocycles. The smallest absolute Gasteiger partial charge is 0.310 e. The molecule has 0 aromatic carbocycles. The van der Waals surface area contributed by atoms with Gasteiger partial charge in [0.15, 0.2) is 25.2 Å². The van der Waals surface area contributed by atoms with E-state index in [1.165, 1.54) is 12.5 Å². The number of carbonyl (C=O) groups is 1. The van der Waals surface area contributed by atoms with Gasteiger partial charge >= 0.3 is 5.97 Å². The fourth-order valence-electron chi connectivity index (χ4n) is 16.0. The van der Waals surface area contributed by atoms with Crippen molar-refractivity contribution in [1.82, 2.24) is 0 Å². The van der Waals surface area contributed by atoms with Crippen LogP contribution in [0.25, 0.3) is 0 Å². The Bertz CT molecular complexity index is 2010. The SMILES string of the molecule is C[C@@H]1OC(O[C@H]2C(O[C@H]3CC[C@@]4(C)C(CC[C@]5(C)[C@@H]4CC=C4[C@@H]6CC(C)(C)CC[C@]6(C(=O)O)CC[C@]45C)[C@]3(C)CO)OC[C@H](OC3O[C@H](CO)[C@@H](O)[C@H](O)[C@H]3O)[C@@H]2O)[C@H](O)[C@H](OC2OC[C@@H](O)[C@H](O)[C@H]2O)[C@H]1O. The van der Waals surface area contributed by atoms with Crippen LogP contribution in [0.5, 0.6) is 0 Å². The minimum Gasteiger partial charge on any atom is -0.481 e. The molecule has 0 aromatic rings. The zero-order valence-electron chi connectivity index (χ0n) is 43.2. The van der Waals surface area contributed by atoms with Crippen molar-refractivity contribution in [1.29, 1.82) is 0 Å². The fourth-order valence-corrected chi connectivity index (χ4v) is 16.0. The first-order valence-electron chi connectivity index (χ1n) is 26.7. The topological polar surface area (TPSA) is 334 Å². The molecule has 0 bridgehead atoms. The number of allylic oxidation sites excluding steroid dienone is 2. The predicted octanol–water partition coefficient (Wildman–Crippen LogP) is -0.191. The molecule has 73 heavy (non-hydrogen) atoms. The maximum absolute atomic E-state index is 13.2. The molecule has 0 aromatic heterocycles. The van der Waals surface area contributed by atoms with E-state index in [9.17, 15) is 66.1 Å². The molecule has 12 N–H and O–H groups in total. The maximum atomic E-state index is 13.2. The molecule has 21 heteroatoms. The highest BCUT2D eigenvalue weighted by Crippen LogP contribution is 2.76. The molecule has 4 heterocycles. The number of aliphatic carboxylic acids is 1. The minimum absolute atomic E-state index is 0.0263. The van der Waals surface area contributed by atoms with E-state index in [1.54, 1.807) is 0 Å². The maximum Gasteiger partial charge on any atom is 0.310 e. The molecule has 5 unspecified atom stereocenters. The summed E-state index contributed by atoms with van der Waals surface area (Å²) in [6.45, 7) is 13.3. The van der Waals surface area contributed by atoms with Crippen LogP contribution in [0.1, 0.15) is 113 Å². The lowest BCUT2D eigenvalue weighted by Gasteiger charge is -2.71. The summed E-state index contributed by atoms with van der Waals surface area (Å²) in [5.41, 5.74) is -0.985. The second kappa shape index (κ2) is 20.3. The Morgan fingerprint density at radius 1 is 0.644 bits per heavy atom. The molecular weight excluding hydrogens is 961 g/mol. The van der Waals surface area contributed by atoms with Crippen LogP contribution in [0, 0.1) is 50.2 Å². The number of carboxylic acids is 1. The molecule has 0 spiro atoms. The summed E-state index contributed by atoms with van der Waals surface area (Å²) in [6.07, 6.45) is -19.7. The summed E-state index contributed by atoms with van der Waals surface area (Å²) in [7, 11) is 0. The van der Waals surface area contributed by atoms with E-state index < -0.39 is 153 Å². The quantitative estimate of drug-likeness (QED) is 0.0942. The first kappa shape index (κ1) is 56.2. The van der Waals surface area contributed by atoms with Gasteiger partial charge in [-0.1, -0.05) is 53.2 Å². The Morgan fingerprint density at radius 2 is 1.30 bits per heavy atom. The first-order chi connectivity index (χ1) is 34.2. The molecule has 21 nitrogen and oxygen atoms in total. The number of ether oxygens (including phenoxy) is 8. The zero-order chi connectivity index (χ0) is 53.1. The molecule has 0 amide bonds. The third kappa shape index (κ3) is 9.10. The highest BCUT2D eigenvalue weighted by Gasteiger charge is 2.70. The van der Waals surface area contributed by atoms with Gasteiger partial charge in [0.2, 0.25) is 0 Å². The van der Waals surface area contributed by atoms with E-state index in [1.807, 2.05) is 6.92 Å². The van der Waals surface area contributed by atoms with Gasteiger partial charge in [0.05, 0.1) is 44.1 Å². The van der Waals surface area contributed by atoms with Gasteiger partial charge < -0.3 is 99.2 Å². The van der Waals surface area contributed by atoms with Crippen LogP contribution in [0.2, 0.25) is 0 Å². The van der Waals surface area contributed by atoms with Gasteiger partial charge in [0.25, 0.3) is 0 Å². The van der Waals surface area contributed by atoms with Crippen LogP contribution < -0.4 is 0 Å². The van der Waals surface area contributed by atoms with Crippen molar-refractivity contribution in [3.63, 3.8) is 0 Å². The Kier molecular flexibility index (Phi) is 15.6. The average Bonchev–Trinajstić information content (AvgIpc) is 3.34. The lowest BCUT2D eigenvalue weighted by Crippen LogP contribution is -2.67. The van der Waals surface area contributed by atoms with E-state index >= 15 is 0 Å². The second-order valence-electron chi connectivity index (χ2n) is 25.2. The normalized spacial score (nSPS) is 55.0. The summed E-state index contributed by atoms with van der Waals surface area (Å²) >= 11 is 0. The molecule has 418 valence electrons. The lowest BCUT2D eigenvalue weighted by atomic mass is 9.33. The molecule has 0 radical (unpaired) electrons. The van der Waals surface area contributed by atoms with Crippen LogP contribution in [0.3, 0.4) is 0 Å². The average molecular weight is 1050 g/mol. The third-order valence-corrected chi connectivity index (χ3v) is 20.8. The molecule has 4 aliphatic heterocycles. The Labute approximate surface area is 426 Å². The van der Waals surface area contributed by atoms with Crippen LogP contribution in [0.4, 0.5) is 0 Å². The summed E-state index contributed by atoms with van der Waals surface area (Å²) < 4.78 is 48.5. The Balaban J connectivity index is 0.982. The standard InChI is InChI=1S/C52H84O21/c1-23-32(56)40(72-42-37(61)33(57)26(55)20-66-42)39(63)44(68-23)73-41-35(59)28(70-43-38(62)36(60)34(58)27(19-53)69-43)21-67-45(41)71-31-11-12-48(4)29(49(31,5)22-54)10-13-51(7)30(48)9-8-24-25-18-47(2,3)14-16-52(25,46(64)65)17-15-50(24,51)6/h8,23,25-45,53-63H,9-22H2,1-7H3,(H,64,65)/t23-,25-,26+,27+,28-,29?,30+,31-,32-,33-,34+,35-,36-,37+,38+,39+,40+,41+,42?,43?,44?,45?,48-,49-,50+,51+,52-/m0/s1. The number of carboxylic acid groups (broad SMARTS) is 1. The minimum atomic E-state index is -1.86. The van der Waals surface area contributed by atoms with Crippen LogP contribution in [-0.4, -0.2) is 210 Å². The largest absolute Gasteiger partial charge is 0.481 e. The molecule has 8 fully saturated rings. The molecular formula is C52H84O21. The molecule has 4 saturated heterocycles. The summed E-state index contributed by atoms with van der Waals surface area (Å²) in [4.78, 5) is 13.2. The summed E-state index contributed by atoms with van der Waals surface area (Å²) in [5, 5.41) is 130. The number of aliphatic hydroxyl groups is 11. The van der Waals surface area contributed by atoms with Gasteiger partial charge in [0, 0.05) is 5.41 Å². The van der Waals surface area contributed by atoms with Gasteiger partial charge in [0.1, 0.15) is 79.4 Å². The van der Waals surface area contributed by atoms with E-state index in [4.69, 9.17) is 37.9 Å². The van der Waals surface area contributed by atoms with E-state index in [2.05, 4.69) is 40.7 Å². The number of hydrogen-bond acceptors (Lipinski definition) is 20. The Morgan fingerprint density at radius 3 is 1.99 bits per heavy atom. The summed E-state index contributed by atoms with van der Waals surface area (Å²) in [6, 6.07) is 0. The second-order valence-corrected chi connectivity index (χ2v) is 25.2. The van der Waals surface area contributed by atoms with Crippen molar-refractivity contribution in [3.8, 4) is 0 Å². The Hall–Kier alpha value is -1.55. The van der Waals surface area contributed by atoms with Crippen LogP contribution in [-0.2, 0) is 42.7 Å². The lowest BCUT2D eigenvalue weighted by molar-refractivity contribution is -0.389. The third-order valence-electron chi connectivity index (χ3n) is 20.8. The molecule has 9 aliphatic rings. The van der Waals surface area contributed by atoms with Crippen LogP contribution >= 0.6 is 0 Å². The number of hydrogen-bond donors (Lipinski definition) is 12. The van der Waals surface area contributed by atoms with Crippen molar-refractivity contribution < 1.29 is 104 Å². The highest BCUT2D eigenvalue weighted by atomic mass is 16.8. The van der Waals surface area contributed by atoms with Crippen molar-refractivity contribution >= 4 is 5.97 Å². The van der Waals surface area contributed by atoms with Gasteiger partial charge in [-0.15, -0.1) is 0 Å². The van der Waals surface area contributed by atoms with Gasteiger partial charge in [-0.05, 0) is 111 Å². The first-order valence-corrected chi connectivity index (χ1v) is 26.7. The van der Waals surface area contributed by atoms with Crippen LogP contribution in [0.15, 0.2) is 11.6 Å². The number of fused-ring (bicyclic) bond motifs is 7. The molecule has 4 saturated carbocycles. The summed E-state index contributed by atoms with van der Waals surface area (Å²) in [5.74, 6) is -0.589. The monoisotopic (exact) mass is 1040 g/mol. The van der Waals surface area contributed by atoms with Crippen molar-refractivity contribution in [3.05, 3.63) is 11.6 Å². The van der Waals surface area contributed by atoms with Gasteiger partial charge in [-0.2, -0.15) is 0 Å². The van der Waals surface area contributed by atoms with Crippen molar-refractivity contribution in [2.45, 2.75) is 229 Å². The van der Waals surface area contributed by atoms with E-state index in [0.29, 0.717) is 25.7 Å². The van der Waals surface area contributed by atoms with Gasteiger partial charge in [-0.25, -0.2) is 0 Å². The molecule has 9 rings (SSSR count). The van der Waals surface area contributed by atoms with Gasteiger partial charge in [-0.3, -0.25) is 4.79 Å². The van der Waals surface area contributed by atoms with E-state index in [0.717, 1.165) is 38.5 Å². The zero-order valence-corrected chi connectivity index (χ0v) is 43.2. The highest BCUT2D eigenvalue weighted by molar-refractivity contribution is 5.76. The number of aliphatic hydroxyl groups excluding tert-OH is 11. The number of rotatable bonds is 11. The van der Waals surface area contributed by atoms with Crippen molar-refractivity contribution in [2.24, 2.45) is 50.2 Å². The fraction of sp³-hybridized carbons (Fsp3) is 0.942. The van der Waals surface area contributed by atoms with E-state index in [-0.39, 0.29) is 46.0 Å². The predicted molar refractivity (Wildman–Crippen MR) is 251 cm³/mol. The molecule has 27 atom stereocenters.